The first-order valence-electron chi connectivity index (χ1n) is 25.9. The zero-order chi connectivity index (χ0) is 42.3. The van der Waals surface area contributed by atoms with Crippen LogP contribution in [0.15, 0.2) is 12.2 Å². The van der Waals surface area contributed by atoms with Crippen LogP contribution >= 0.6 is 0 Å². The van der Waals surface area contributed by atoms with Crippen LogP contribution in [0.25, 0.3) is 0 Å². The highest BCUT2D eigenvalue weighted by Crippen LogP contribution is 2.17. The molecular weight excluding hydrogens is 719 g/mol. The molecule has 2 atom stereocenters. The number of esters is 1. The van der Waals surface area contributed by atoms with Crippen LogP contribution in [0.1, 0.15) is 284 Å². The maximum absolute atomic E-state index is 12.5. The molecule has 0 bridgehead atoms. The molecule has 0 aromatic rings. The molecule has 6 heteroatoms. The number of unbranched alkanes of at least 4 members (excludes halogenated alkanes) is 35. The Hall–Kier alpha value is -1.40. The number of amides is 1. The van der Waals surface area contributed by atoms with Gasteiger partial charge in [-0.05, 0) is 44.9 Å². The first-order chi connectivity index (χ1) is 28.5. The lowest BCUT2D eigenvalue weighted by Crippen LogP contribution is -2.45. The Morgan fingerprint density at radius 3 is 1.28 bits per heavy atom. The first kappa shape index (κ1) is 56.6. The van der Waals surface area contributed by atoms with Gasteiger partial charge in [-0.2, -0.15) is 0 Å². The quantitative estimate of drug-likeness (QED) is 0.0323. The summed E-state index contributed by atoms with van der Waals surface area (Å²) in [5, 5.41) is 23.2. The Labute approximate surface area is 361 Å². The summed E-state index contributed by atoms with van der Waals surface area (Å²) >= 11 is 0. The van der Waals surface area contributed by atoms with Crippen molar-refractivity contribution >= 4 is 11.9 Å². The average molecular weight is 820 g/mol. The van der Waals surface area contributed by atoms with E-state index < -0.39 is 12.1 Å². The van der Waals surface area contributed by atoms with Crippen LogP contribution in [0.3, 0.4) is 0 Å². The van der Waals surface area contributed by atoms with Crippen molar-refractivity contribution in [1.29, 1.82) is 0 Å². The van der Waals surface area contributed by atoms with Gasteiger partial charge in [-0.15, -0.1) is 0 Å². The molecule has 0 aliphatic heterocycles. The summed E-state index contributed by atoms with van der Waals surface area (Å²) in [7, 11) is 0. The minimum Gasteiger partial charge on any atom is -0.466 e. The van der Waals surface area contributed by atoms with E-state index in [2.05, 4.69) is 31.3 Å². The summed E-state index contributed by atoms with van der Waals surface area (Å²) < 4.78 is 5.44. The highest BCUT2D eigenvalue weighted by Gasteiger charge is 2.20. The fourth-order valence-electron chi connectivity index (χ4n) is 8.03. The normalized spacial score (nSPS) is 12.7. The largest absolute Gasteiger partial charge is 0.466 e. The van der Waals surface area contributed by atoms with Crippen molar-refractivity contribution in [3.05, 3.63) is 12.2 Å². The smallest absolute Gasteiger partial charge is 0.305 e. The summed E-state index contributed by atoms with van der Waals surface area (Å²) in [4.78, 5) is 24.4. The van der Waals surface area contributed by atoms with E-state index in [1.807, 2.05) is 0 Å². The van der Waals surface area contributed by atoms with Crippen LogP contribution in [0.4, 0.5) is 0 Å². The van der Waals surface area contributed by atoms with E-state index >= 15 is 0 Å². The van der Waals surface area contributed by atoms with E-state index in [0.29, 0.717) is 25.9 Å². The molecule has 3 N–H and O–H groups in total. The summed E-state index contributed by atoms with van der Waals surface area (Å²) in [6.07, 6.45) is 54.6. The van der Waals surface area contributed by atoms with Crippen LogP contribution in [-0.2, 0) is 14.3 Å². The van der Waals surface area contributed by atoms with Gasteiger partial charge in [-0.3, -0.25) is 9.59 Å². The molecule has 0 heterocycles. The van der Waals surface area contributed by atoms with Crippen LogP contribution in [0.5, 0.6) is 0 Å². The predicted molar refractivity (Wildman–Crippen MR) is 250 cm³/mol. The second kappa shape index (κ2) is 48.3. The van der Waals surface area contributed by atoms with E-state index in [1.165, 1.54) is 199 Å². The number of hydrogen-bond acceptors (Lipinski definition) is 5. The molecule has 0 saturated heterocycles. The van der Waals surface area contributed by atoms with Gasteiger partial charge in [0.05, 0.1) is 25.4 Å². The molecule has 0 aromatic heterocycles. The van der Waals surface area contributed by atoms with Crippen LogP contribution < -0.4 is 5.32 Å². The topological polar surface area (TPSA) is 95.9 Å². The number of allylic oxidation sites excluding steroid dienone is 2. The minimum absolute atomic E-state index is 0.0129. The van der Waals surface area contributed by atoms with Gasteiger partial charge in [0, 0.05) is 12.8 Å². The molecule has 0 fully saturated rings. The lowest BCUT2D eigenvalue weighted by Gasteiger charge is -2.22. The Kier molecular flexibility index (Phi) is 47.1. The maximum Gasteiger partial charge on any atom is 0.305 e. The Bertz CT molecular complexity index is 863. The number of carbonyl (C=O) groups excluding carboxylic acids is 2. The van der Waals surface area contributed by atoms with E-state index in [4.69, 9.17) is 4.74 Å². The molecule has 0 radical (unpaired) electrons. The fourth-order valence-corrected chi connectivity index (χ4v) is 8.03. The van der Waals surface area contributed by atoms with Crippen molar-refractivity contribution in [1.82, 2.24) is 5.32 Å². The minimum atomic E-state index is -0.670. The van der Waals surface area contributed by atoms with Gasteiger partial charge in [-0.25, -0.2) is 0 Å². The number of rotatable bonds is 48. The second-order valence-corrected chi connectivity index (χ2v) is 17.9. The molecule has 0 aliphatic carbocycles. The number of aliphatic hydroxyl groups is 2. The molecule has 0 spiro atoms. The number of hydrogen-bond donors (Lipinski definition) is 3. The average Bonchev–Trinajstić information content (AvgIpc) is 3.22. The van der Waals surface area contributed by atoms with Crippen molar-refractivity contribution in [2.24, 2.45) is 0 Å². The lowest BCUT2D eigenvalue weighted by molar-refractivity contribution is -0.143. The molecule has 2 unspecified atom stereocenters. The van der Waals surface area contributed by atoms with Gasteiger partial charge in [0.2, 0.25) is 5.91 Å². The first-order valence-corrected chi connectivity index (χ1v) is 25.9. The zero-order valence-corrected chi connectivity index (χ0v) is 39.0. The third-order valence-corrected chi connectivity index (χ3v) is 12.1. The molecule has 0 rings (SSSR count). The highest BCUT2D eigenvalue weighted by molar-refractivity contribution is 5.76. The van der Waals surface area contributed by atoms with Crippen molar-refractivity contribution in [3.8, 4) is 0 Å². The number of aliphatic hydroxyl groups excluding tert-OH is 2. The van der Waals surface area contributed by atoms with E-state index in [1.54, 1.807) is 0 Å². The van der Waals surface area contributed by atoms with E-state index in [0.717, 1.165) is 51.4 Å². The maximum atomic E-state index is 12.5. The molecule has 344 valence electrons. The van der Waals surface area contributed by atoms with Crippen LogP contribution in [0.2, 0.25) is 0 Å². The van der Waals surface area contributed by atoms with Gasteiger partial charge >= 0.3 is 5.97 Å². The standard InChI is InChI=1S/C52H101NO5/c1-3-5-7-9-11-13-15-16-17-18-21-25-28-32-36-40-44-50(55)49(48-54)53-51(56)45-41-37-33-29-26-22-19-20-23-27-31-35-39-43-47-58-52(57)46-42-38-34-30-24-14-12-10-8-6-4-2/h10,12,49-50,54-55H,3-9,11,13-48H2,1-2H3,(H,53,56)/b12-10-. The predicted octanol–water partition coefficient (Wildman–Crippen LogP) is 15.3. The summed E-state index contributed by atoms with van der Waals surface area (Å²) in [6, 6.07) is -0.548. The van der Waals surface area contributed by atoms with Crippen molar-refractivity contribution in [3.63, 3.8) is 0 Å². The molecule has 0 aromatic carbocycles. The fraction of sp³-hybridized carbons (Fsp3) is 0.923. The summed E-state index contributed by atoms with van der Waals surface area (Å²) in [5.74, 6) is -0.0573. The molecule has 0 saturated carbocycles. The number of carbonyl (C=O) groups is 2. The highest BCUT2D eigenvalue weighted by atomic mass is 16.5. The number of ether oxygens (including phenoxy) is 1. The molecule has 1 amide bonds. The van der Waals surface area contributed by atoms with E-state index in [-0.39, 0.29) is 18.5 Å². The van der Waals surface area contributed by atoms with Crippen LogP contribution in [-0.4, -0.2) is 47.4 Å². The number of nitrogens with one attached hydrogen (secondary N) is 1. The zero-order valence-electron chi connectivity index (χ0n) is 39.0. The monoisotopic (exact) mass is 820 g/mol. The van der Waals surface area contributed by atoms with Gasteiger partial charge in [0.25, 0.3) is 0 Å². The van der Waals surface area contributed by atoms with Gasteiger partial charge in [0.1, 0.15) is 0 Å². The third-order valence-electron chi connectivity index (χ3n) is 12.1. The van der Waals surface area contributed by atoms with Crippen LogP contribution in [0, 0.1) is 0 Å². The Morgan fingerprint density at radius 2 is 0.828 bits per heavy atom. The van der Waals surface area contributed by atoms with Crippen molar-refractivity contribution < 1.29 is 24.5 Å². The molecule has 6 nitrogen and oxygen atoms in total. The van der Waals surface area contributed by atoms with Crippen molar-refractivity contribution in [2.45, 2.75) is 296 Å². The Morgan fingerprint density at radius 1 is 0.466 bits per heavy atom. The van der Waals surface area contributed by atoms with Gasteiger partial charge in [-0.1, -0.05) is 238 Å². The molecule has 58 heavy (non-hydrogen) atoms. The summed E-state index contributed by atoms with van der Waals surface area (Å²) in [6.45, 7) is 4.90. The van der Waals surface area contributed by atoms with Crippen molar-refractivity contribution in [2.75, 3.05) is 13.2 Å². The van der Waals surface area contributed by atoms with Gasteiger partial charge < -0.3 is 20.3 Å². The Balaban J connectivity index is 3.45. The third kappa shape index (κ3) is 44.2. The lowest BCUT2D eigenvalue weighted by atomic mass is 10.0. The second-order valence-electron chi connectivity index (χ2n) is 17.9. The molecule has 0 aliphatic rings. The van der Waals surface area contributed by atoms with Gasteiger partial charge in [0.15, 0.2) is 0 Å². The SMILES string of the molecule is CCCC/C=C\CCCCCCCC(=O)OCCCCCCCCCCCCCCCCC(=O)NC(CO)C(O)CCCCCCCCCCCCCCCCCC. The van der Waals surface area contributed by atoms with E-state index in [9.17, 15) is 19.8 Å². The molecular formula is C52H101NO5. The summed E-state index contributed by atoms with van der Waals surface area (Å²) in [5.41, 5.74) is 0.